The van der Waals surface area contributed by atoms with E-state index in [1.54, 1.807) is 0 Å². The van der Waals surface area contributed by atoms with Crippen LogP contribution in [0, 0.1) is 6.92 Å². The van der Waals surface area contributed by atoms with Crippen molar-refractivity contribution in [2.24, 2.45) is 0 Å². The van der Waals surface area contributed by atoms with Crippen molar-refractivity contribution in [1.29, 1.82) is 0 Å². The molecule has 0 amide bonds. The highest BCUT2D eigenvalue weighted by atomic mass is 16.6. The van der Waals surface area contributed by atoms with Crippen molar-refractivity contribution in [3.8, 4) is 5.75 Å². The molecule has 1 unspecified atom stereocenters. The van der Waals surface area contributed by atoms with Crippen LogP contribution in [0.15, 0.2) is 18.2 Å². The Morgan fingerprint density at radius 1 is 1.29 bits per heavy atom. The van der Waals surface area contributed by atoms with Gasteiger partial charge in [0.05, 0.1) is 6.61 Å². The van der Waals surface area contributed by atoms with Gasteiger partial charge in [0.25, 0.3) is 0 Å². The highest BCUT2D eigenvalue weighted by molar-refractivity contribution is 5.75. The van der Waals surface area contributed by atoms with Gasteiger partial charge in [-0.25, -0.2) is 4.79 Å². The maximum atomic E-state index is 12.0. The number of aryl methyl sites for hydroxylation is 1. The first-order valence-corrected chi connectivity index (χ1v) is 7.75. The normalized spacial score (nSPS) is 12.0. The number of rotatable bonds is 9. The zero-order valence-corrected chi connectivity index (χ0v) is 13.6. The molecular weight excluding hydrogens is 266 g/mol. The lowest BCUT2D eigenvalue weighted by molar-refractivity contribution is -0.151. The molecule has 0 saturated heterocycles. The monoisotopic (exact) mass is 293 g/mol. The van der Waals surface area contributed by atoms with E-state index in [1.165, 1.54) is 5.56 Å². The van der Waals surface area contributed by atoms with E-state index in [0.717, 1.165) is 30.8 Å². The Labute approximate surface area is 127 Å². The predicted molar refractivity (Wildman–Crippen MR) is 84.5 cm³/mol. The molecule has 0 heterocycles. The minimum Gasteiger partial charge on any atom is -0.478 e. The van der Waals surface area contributed by atoms with Crippen LogP contribution in [0.3, 0.4) is 0 Å². The summed E-state index contributed by atoms with van der Waals surface area (Å²) in [5.41, 5.74) is 2.25. The first-order valence-electron chi connectivity index (χ1n) is 7.75. The molecule has 0 fully saturated rings. The summed E-state index contributed by atoms with van der Waals surface area (Å²) in [6.45, 7) is 9.95. The third-order valence-electron chi connectivity index (χ3n) is 3.15. The minimum absolute atomic E-state index is 0.283. The molecule has 1 aromatic carbocycles. The molecule has 0 spiro atoms. The molecular formula is C17H27NO3. The van der Waals surface area contributed by atoms with Crippen LogP contribution in [-0.2, 0) is 16.1 Å². The number of hydrogen-bond donors (Lipinski definition) is 1. The average molecular weight is 293 g/mol. The minimum atomic E-state index is -0.530. The molecule has 1 N–H and O–H groups in total. The fourth-order valence-electron chi connectivity index (χ4n) is 2.10. The summed E-state index contributed by atoms with van der Waals surface area (Å²) in [7, 11) is 0. The molecule has 1 atom stereocenters. The third-order valence-corrected chi connectivity index (χ3v) is 3.15. The van der Waals surface area contributed by atoms with Gasteiger partial charge in [-0.05, 0) is 32.9 Å². The van der Waals surface area contributed by atoms with Gasteiger partial charge in [-0.15, -0.1) is 0 Å². The predicted octanol–water partition coefficient (Wildman–Crippen LogP) is 3.22. The van der Waals surface area contributed by atoms with Gasteiger partial charge in [-0.3, -0.25) is 0 Å². The molecule has 118 valence electrons. The Morgan fingerprint density at radius 3 is 2.67 bits per heavy atom. The van der Waals surface area contributed by atoms with Gasteiger partial charge in [0.2, 0.25) is 0 Å². The molecule has 4 heteroatoms. The van der Waals surface area contributed by atoms with Gasteiger partial charge in [-0.2, -0.15) is 0 Å². The molecule has 0 saturated carbocycles. The lowest BCUT2D eigenvalue weighted by Gasteiger charge is -2.19. The topological polar surface area (TPSA) is 47.6 Å². The number of carbonyl (C=O) groups is 1. The summed E-state index contributed by atoms with van der Waals surface area (Å²) >= 11 is 0. The Balaban J connectivity index is 2.88. The van der Waals surface area contributed by atoms with Gasteiger partial charge in [0.15, 0.2) is 6.10 Å². The lowest BCUT2D eigenvalue weighted by atomic mass is 10.1. The zero-order valence-electron chi connectivity index (χ0n) is 13.6. The van der Waals surface area contributed by atoms with Gasteiger partial charge in [-0.1, -0.05) is 38.0 Å². The van der Waals surface area contributed by atoms with E-state index >= 15 is 0 Å². The molecule has 0 aliphatic rings. The largest absolute Gasteiger partial charge is 0.478 e. The molecule has 1 rings (SSSR count). The highest BCUT2D eigenvalue weighted by Crippen LogP contribution is 2.23. The third kappa shape index (κ3) is 5.76. The second-order valence-electron chi connectivity index (χ2n) is 5.04. The van der Waals surface area contributed by atoms with Crippen LogP contribution >= 0.6 is 0 Å². The van der Waals surface area contributed by atoms with Gasteiger partial charge < -0.3 is 14.8 Å². The van der Waals surface area contributed by atoms with Crippen LogP contribution in [0.1, 0.15) is 44.7 Å². The van der Waals surface area contributed by atoms with Gasteiger partial charge in [0.1, 0.15) is 5.75 Å². The van der Waals surface area contributed by atoms with Crippen LogP contribution in [0.4, 0.5) is 0 Å². The molecule has 0 radical (unpaired) electrons. The van der Waals surface area contributed by atoms with Crippen molar-refractivity contribution in [1.82, 2.24) is 5.32 Å². The van der Waals surface area contributed by atoms with E-state index in [4.69, 9.17) is 9.47 Å². The van der Waals surface area contributed by atoms with E-state index in [1.807, 2.05) is 32.9 Å². The van der Waals surface area contributed by atoms with Crippen molar-refractivity contribution in [2.45, 2.75) is 53.2 Å². The summed E-state index contributed by atoms with van der Waals surface area (Å²) in [5.74, 6) is 0.474. The van der Waals surface area contributed by atoms with Crippen LogP contribution in [-0.4, -0.2) is 25.2 Å². The molecule has 0 aromatic heterocycles. The lowest BCUT2D eigenvalue weighted by Crippen LogP contribution is -2.30. The SMILES string of the molecule is CCCC(Oc1ccc(C)cc1CNCC)C(=O)OCC. The second-order valence-corrected chi connectivity index (χ2v) is 5.04. The summed E-state index contributed by atoms with van der Waals surface area (Å²) in [5, 5.41) is 3.30. The summed E-state index contributed by atoms with van der Waals surface area (Å²) in [6, 6.07) is 6.02. The fraction of sp³-hybridized carbons (Fsp3) is 0.588. The Kier molecular flexibility index (Phi) is 7.83. The maximum absolute atomic E-state index is 12.0. The summed E-state index contributed by atoms with van der Waals surface area (Å²) < 4.78 is 11.0. The maximum Gasteiger partial charge on any atom is 0.347 e. The Bertz CT molecular complexity index is 446. The second kappa shape index (κ2) is 9.40. The van der Waals surface area contributed by atoms with Crippen LogP contribution in [0.5, 0.6) is 5.75 Å². The number of ether oxygens (including phenoxy) is 2. The van der Waals surface area contributed by atoms with E-state index in [2.05, 4.69) is 18.3 Å². The first-order chi connectivity index (χ1) is 10.1. The molecule has 21 heavy (non-hydrogen) atoms. The standard InChI is InChI=1S/C17H27NO3/c1-5-8-16(17(19)20-7-3)21-15-10-9-13(4)11-14(15)12-18-6-2/h9-11,16,18H,5-8,12H2,1-4H3. The summed E-state index contributed by atoms with van der Waals surface area (Å²) in [6.07, 6.45) is 1.00. The highest BCUT2D eigenvalue weighted by Gasteiger charge is 2.21. The molecule has 0 bridgehead atoms. The van der Waals surface area contributed by atoms with E-state index in [-0.39, 0.29) is 5.97 Å². The van der Waals surface area contributed by atoms with Crippen molar-refractivity contribution < 1.29 is 14.3 Å². The zero-order chi connectivity index (χ0) is 15.7. The van der Waals surface area contributed by atoms with Crippen molar-refractivity contribution in [2.75, 3.05) is 13.2 Å². The molecule has 0 aliphatic heterocycles. The van der Waals surface area contributed by atoms with Crippen molar-refractivity contribution in [3.63, 3.8) is 0 Å². The van der Waals surface area contributed by atoms with Crippen LogP contribution in [0.2, 0.25) is 0 Å². The average Bonchev–Trinajstić information content (AvgIpc) is 2.47. The number of hydrogen-bond acceptors (Lipinski definition) is 4. The van der Waals surface area contributed by atoms with E-state index < -0.39 is 6.10 Å². The van der Waals surface area contributed by atoms with Gasteiger partial charge in [0, 0.05) is 12.1 Å². The van der Waals surface area contributed by atoms with Crippen molar-refractivity contribution in [3.05, 3.63) is 29.3 Å². The number of carbonyl (C=O) groups excluding carboxylic acids is 1. The summed E-state index contributed by atoms with van der Waals surface area (Å²) in [4.78, 5) is 12.0. The van der Waals surface area contributed by atoms with Crippen LogP contribution in [0.25, 0.3) is 0 Å². The van der Waals surface area contributed by atoms with Gasteiger partial charge >= 0.3 is 5.97 Å². The first kappa shape index (κ1) is 17.5. The fourth-order valence-corrected chi connectivity index (χ4v) is 2.10. The Hall–Kier alpha value is -1.55. The van der Waals surface area contributed by atoms with E-state index in [0.29, 0.717) is 13.0 Å². The number of esters is 1. The molecule has 0 aliphatic carbocycles. The quantitative estimate of drug-likeness (QED) is 0.710. The smallest absolute Gasteiger partial charge is 0.347 e. The number of benzene rings is 1. The number of nitrogens with one attached hydrogen (secondary N) is 1. The Morgan fingerprint density at radius 2 is 2.05 bits per heavy atom. The van der Waals surface area contributed by atoms with E-state index in [9.17, 15) is 4.79 Å². The molecule has 4 nitrogen and oxygen atoms in total. The molecule has 1 aromatic rings. The van der Waals surface area contributed by atoms with Crippen LogP contribution < -0.4 is 10.1 Å². The van der Waals surface area contributed by atoms with Crippen molar-refractivity contribution >= 4 is 5.97 Å².